The number of pyridine rings is 2. The van der Waals surface area contributed by atoms with Gasteiger partial charge in [0, 0.05) is 34.9 Å². The van der Waals surface area contributed by atoms with Crippen LogP contribution in [-0.4, -0.2) is 19.3 Å². The summed E-state index contributed by atoms with van der Waals surface area (Å²) in [5, 5.41) is 22.6. The summed E-state index contributed by atoms with van der Waals surface area (Å²) in [6.45, 7) is 9.38. The van der Waals surface area contributed by atoms with Crippen LogP contribution in [0.2, 0.25) is 0 Å². The predicted octanol–water partition coefficient (Wildman–Crippen LogP) is 6.12. The maximum Gasteiger partial charge on any atom is 0.263 e. The van der Waals surface area contributed by atoms with Crippen LogP contribution in [0, 0.1) is 34.6 Å². The van der Waals surface area contributed by atoms with E-state index in [-0.39, 0.29) is 22.6 Å². The van der Waals surface area contributed by atoms with E-state index in [2.05, 4.69) is 0 Å². The summed E-state index contributed by atoms with van der Waals surface area (Å²) in [5.74, 6) is -1.51. The summed E-state index contributed by atoms with van der Waals surface area (Å²) >= 11 is 0. The Labute approximate surface area is 233 Å². The van der Waals surface area contributed by atoms with E-state index in [1.54, 1.807) is 13.8 Å². The molecule has 0 spiro atoms. The van der Waals surface area contributed by atoms with Gasteiger partial charge >= 0.3 is 0 Å². The number of hydrogen-bond donors (Lipinski definition) is 2. The molecule has 0 atom stereocenters. The van der Waals surface area contributed by atoms with Gasteiger partial charge in [-0.25, -0.2) is 0 Å². The molecule has 0 saturated carbocycles. The molecule has 0 fully saturated rings. The second-order valence-corrected chi connectivity index (χ2v) is 10.5. The molecule has 2 aromatic heterocycles. The lowest BCUT2D eigenvalue weighted by Gasteiger charge is -2.23. The molecule has 3 aromatic carbocycles. The third-order valence-electron chi connectivity index (χ3n) is 7.39. The number of aromatic nitrogens is 2. The zero-order valence-electron chi connectivity index (χ0n) is 23.3. The van der Waals surface area contributed by atoms with E-state index < -0.39 is 17.0 Å². The molecule has 0 unspecified atom stereocenters. The summed E-state index contributed by atoms with van der Waals surface area (Å²) < 4.78 is 3.05. The number of aryl methyl sites for hydroxylation is 5. The van der Waals surface area contributed by atoms with Crippen LogP contribution in [0.1, 0.15) is 50.7 Å². The molecule has 6 heteroatoms. The molecule has 40 heavy (non-hydrogen) atoms. The van der Waals surface area contributed by atoms with Crippen molar-refractivity contribution in [2.45, 2.75) is 40.5 Å². The normalized spacial score (nSPS) is 11.2. The van der Waals surface area contributed by atoms with Crippen molar-refractivity contribution in [1.82, 2.24) is 9.13 Å². The zero-order chi connectivity index (χ0) is 28.7. The van der Waals surface area contributed by atoms with Crippen molar-refractivity contribution < 1.29 is 10.2 Å². The van der Waals surface area contributed by atoms with Crippen LogP contribution in [0.4, 0.5) is 0 Å². The van der Waals surface area contributed by atoms with Crippen molar-refractivity contribution in [3.05, 3.63) is 150 Å². The Balaban J connectivity index is 1.86. The van der Waals surface area contributed by atoms with Crippen molar-refractivity contribution >= 4 is 0 Å². The highest BCUT2D eigenvalue weighted by molar-refractivity contribution is 5.54. The Morgan fingerprint density at radius 1 is 0.525 bits per heavy atom. The Bertz CT molecular complexity index is 1710. The fourth-order valence-electron chi connectivity index (χ4n) is 5.27. The Hall–Kier alpha value is -4.84. The topological polar surface area (TPSA) is 84.5 Å². The fourth-order valence-corrected chi connectivity index (χ4v) is 5.27. The van der Waals surface area contributed by atoms with Crippen molar-refractivity contribution in [2.75, 3.05) is 0 Å². The second-order valence-electron chi connectivity index (χ2n) is 10.5. The number of nitrogens with zero attached hydrogens (tertiary/aromatic N) is 2. The van der Waals surface area contributed by atoms with Gasteiger partial charge in [-0.3, -0.25) is 18.7 Å². The van der Waals surface area contributed by atoms with E-state index in [0.717, 1.165) is 16.7 Å². The van der Waals surface area contributed by atoms with Gasteiger partial charge in [0.25, 0.3) is 11.1 Å². The standard InChI is InChI=1S/C34H32N2O4/c1-20-6-12-25(13-7-20)30(31-28(37)18-23(4)35(33(31)39)26-14-8-21(2)9-15-26)32-29(38)19-24(5)36(34(32)40)27-16-10-22(3)11-17-27/h6-19,30,37-38H,1-5H3. The van der Waals surface area contributed by atoms with E-state index in [9.17, 15) is 19.8 Å². The third-order valence-corrected chi connectivity index (χ3v) is 7.39. The van der Waals surface area contributed by atoms with Crippen LogP contribution in [0.3, 0.4) is 0 Å². The Morgan fingerprint density at radius 3 is 1.20 bits per heavy atom. The van der Waals surface area contributed by atoms with Gasteiger partial charge in [-0.2, -0.15) is 0 Å². The molecule has 2 N–H and O–H groups in total. The largest absolute Gasteiger partial charge is 0.507 e. The Morgan fingerprint density at radius 2 is 0.850 bits per heavy atom. The number of benzene rings is 3. The molecule has 202 valence electrons. The van der Waals surface area contributed by atoms with Crippen molar-refractivity contribution in [2.24, 2.45) is 0 Å². The molecule has 5 aromatic rings. The van der Waals surface area contributed by atoms with Crippen LogP contribution in [0.15, 0.2) is 94.5 Å². The van der Waals surface area contributed by atoms with Gasteiger partial charge in [0.1, 0.15) is 11.5 Å². The van der Waals surface area contributed by atoms with Crippen LogP contribution in [-0.2, 0) is 0 Å². The first-order chi connectivity index (χ1) is 19.1. The summed E-state index contributed by atoms with van der Waals surface area (Å²) in [6, 6.07) is 25.5. The minimum absolute atomic E-state index is 0.0155. The molecule has 6 nitrogen and oxygen atoms in total. The van der Waals surface area contributed by atoms with E-state index in [0.29, 0.717) is 28.3 Å². The third kappa shape index (κ3) is 4.73. The highest BCUT2D eigenvalue weighted by Gasteiger charge is 2.31. The quantitative estimate of drug-likeness (QED) is 0.286. The molecule has 0 radical (unpaired) electrons. The SMILES string of the molecule is Cc1ccc(C(c2c(O)cc(C)n(-c3ccc(C)cc3)c2=O)c2c(O)cc(C)n(-c3ccc(C)cc3)c2=O)cc1. The molecule has 0 amide bonds. The molecule has 0 saturated heterocycles. The van der Waals surface area contributed by atoms with Gasteiger partial charge in [0.2, 0.25) is 0 Å². The second kappa shape index (κ2) is 10.4. The summed E-state index contributed by atoms with van der Waals surface area (Å²) in [4.78, 5) is 28.5. The van der Waals surface area contributed by atoms with Gasteiger partial charge in [-0.05, 0) is 64.4 Å². The van der Waals surface area contributed by atoms with Gasteiger partial charge in [0.05, 0.1) is 17.0 Å². The lowest BCUT2D eigenvalue weighted by Crippen LogP contribution is -2.31. The van der Waals surface area contributed by atoms with Gasteiger partial charge in [0.15, 0.2) is 0 Å². The smallest absolute Gasteiger partial charge is 0.263 e. The number of hydrogen-bond acceptors (Lipinski definition) is 4. The summed E-state index contributed by atoms with van der Waals surface area (Å²) in [7, 11) is 0. The van der Waals surface area contributed by atoms with E-state index in [4.69, 9.17) is 0 Å². The van der Waals surface area contributed by atoms with Crippen molar-refractivity contribution in [1.29, 1.82) is 0 Å². The fraction of sp³-hybridized carbons (Fsp3) is 0.176. The summed E-state index contributed by atoms with van der Waals surface area (Å²) in [5.41, 5.74) is 5.17. The summed E-state index contributed by atoms with van der Waals surface area (Å²) in [6.07, 6.45) is 0. The average Bonchev–Trinajstić information content (AvgIpc) is 2.90. The minimum Gasteiger partial charge on any atom is -0.507 e. The van der Waals surface area contributed by atoms with Crippen LogP contribution in [0.5, 0.6) is 11.5 Å². The van der Waals surface area contributed by atoms with Crippen molar-refractivity contribution in [3.8, 4) is 22.9 Å². The predicted molar refractivity (Wildman–Crippen MR) is 158 cm³/mol. The van der Waals surface area contributed by atoms with Crippen LogP contribution < -0.4 is 11.1 Å². The molecule has 2 heterocycles. The van der Waals surface area contributed by atoms with Crippen LogP contribution >= 0.6 is 0 Å². The maximum atomic E-state index is 14.2. The van der Waals surface area contributed by atoms with Gasteiger partial charge in [-0.15, -0.1) is 0 Å². The molecule has 5 rings (SSSR count). The minimum atomic E-state index is -1.03. The van der Waals surface area contributed by atoms with Crippen molar-refractivity contribution in [3.63, 3.8) is 0 Å². The maximum absolute atomic E-state index is 14.2. The highest BCUT2D eigenvalue weighted by Crippen LogP contribution is 2.38. The van der Waals surface area contributed by atoms with E-state index >= 15 is 0 Å². The lowest BCUT2D eigenvalue weighted by atomic mass is 9.84. The highest BCUT2D eigenvalue weighted by atomic mass is 16.3. The van der Waals surface area contributed by atoms with E-state index in [1.165, 1.54) is 21.3 Å². The monoisotopic (exact) mass is 532 g/mol. The molecule has 0 aliphatic carbocycles. The molecular formula is C34H32N2O4. The number of aromatic hydroxyl groups is 2. The molecular weight excluding hydrogens is 500 g/mol. The first-order valence-corrected chi connectivity index (χ1v) is 13.2. The van der Waals surface area contributed by atoms with Gasteiger partial charge < -0.3 is 10.2 Å². The lowest BCUT2D eigenvalue weighted by molar-refractivity contribution is 0.453. The first kappa shape index (κ1) is 26.8. The van der Waals surface area contributed by atoms with Crippen LogP contribution in [0.25, 0.3) is 11.4 Å². The number of rotatable bonds is 5. The zero-order valence-corrected chi connectivity index (χ0v) is 23.3. The molecule has 0 bridgehead atoms. The first-order valence-electron chi connectivity index (χ1n) is 13.2. The average molecular weight is 533 g/mol. The molecule has 0 aliphatic heterocycles. The van der Waals surface area contributed by atoms with E-state index in [1.807, 2.05) is 93.6 Å². The Kier molecular flexibility index (Phi) is 6.94. The van der Waals surface area contributed by atoms with Gasteiger partial charge in [-0.1, -0.05) is 65.2 Å². The molecule has 0 aliphatic rings.